The van der Waals surface area contributed by atoms with E-state index >= 15 is 0 Å². The third kappa shape index (κ3) is 3.65. The summed E-state index contributed by atoms with van der Waals surface area (Å²) >= 11 is 12.4. The number of halogens is 2. The largest absolute Gasteiger partial charge is 0.495 e. The number of sulfone groups is 1. The van der Waals surface area contributed by atoms with Gasteiger partial charge in [0, 0.05) is 30.0 Å². The van der Waals surface area contributed by atoms with Gasteiger partial charge >= 0.3 is 0 Å². The van der Waals surface area contributed by atoms with Crippen LogP contribution in [0.25, 0.3) is 0 Å². The Kier molecular flexibility index (Phi) is 5.67. The van der Waals surface area contributed by atoms with Crippen molar-refractivity contribution in [2.24, 2.45) is 0 Å². The van der Waals surface area contributed by atoms with Crippen molar-refractivity contribution in [1.82, 2.24) is 4.90 Å². The molecule has 10 heteroatoms. The number of ether oxygens (including phenoxy) is 2. The van der Waals surface area contributed by atoms with Gasteiger partial charge in [-0.05, 0) is 36.4 Å². The van der Waals surface area contributed by atoms with Crippen molar-refractivity contribution >= 4 is 50.3 Å². The van der Waals surface area contributed by atoms with Crippen molar-refractivity contribution in [3.8, 4) is 5.75 Å². The minimum absolute atomic E-state index is 0.00190. The number of morpholine rings is 1. The number of rotatable bonds is 3. The number of methoxy groups -OCH3 is 1. The zero-order chi connectivity index (χ0) is 21.5. The highest BCUT2D eigenvalue weighted by Crippen LogP contribution is 2.42. The Bertz CT molecular complexity index is 1140. The van der Waals surface area contributed by atoms with E-state index in [2.05, 4.69) is 0 Å². The molecule has 0 N–H and O–H groups in total. The number of amides is 1. The van der Waals surface area contributed by atoms with Crippen LogP contribution in [0.1, 0.15) is 0 Å². The maximum absolute atomic E-state index is 13.3. The van der Waals surface area contributed by atoms with Crippen molar-refractivity contribution in [3.63, 3.8) is 0 Å². The summed E-state index contributed by atoms with van der Waals surface area (Å²) in [6, 6.07) is 9.46. The second-order valence-corrected chi connectivity index (χ2v) is 9.43. The molecular formula is C20H18Cl2N2O5S. The van der Waals surface area contributed by atoms with E-state index in [1.165, 1.54) is 30.3 Å². The minimum Gasteiger partial charge on any atom is -0.495 e. The summed E-state index contributed by atoms with van der Waals surface area (Å²) in [5.41, 5.74) is 0.897. The van der Waals surface area contributed by atoms with Gasteiger partial charge < -0.3 is 19.3 Å². The van der Waals surface area contributed by atoms with Crippen LogP contribution in [0.3, 0.4) is 0 Å². The van der Waals surface area contributed by atoms with Gasteiger partial charge in [-0.2, -0.15) is 0 Å². The summed E-state index contributed by atoms with van der Waals surface area (Å²) in [6.07, 6.45) is 1.32. The molecule has 2 aliphatic heterocycles. The lowest BCUT2D eigenvalue weighted by molar-refractivity contribution is -0.130. The van der Waals surface area contributed by atoms with Crippen molar-refractivity contribution in [2.75, 3.05) is 38.3 Å². The Balaban J connectivity index is 1.87. The molecule has 0 atom stereocenters. The normalized spacial score (nSPS) is 17.9. The van der Waals surface area contributed by atoms with Gasteiger partial charge in [-0.3, -0.25) is 4.79 Å². The zero-order valence-corrected chi connectivity index (χ0v) is 18.3. The first-order valence-corrected chi connectivity index (χ1v) is 11.3. The first kappa shape index (κ1) is 21.0. The highest BCUT2D eigenvalue weighted by atomic mass is 35.5. The first-order valence-electron chi connectivity index (χ1n) is 9.09. The quantitative estimate of drug-likeness (QED) is 0.684. The van der Waals surface area contributed by atoms with E-state index in [4.69, 9.17) is 32.7 Å². The van der Waals surface area contributed by atoms with Crippen LogP contribution in [-0.2, 0) is 19.4 Å². The molecule has 2 aromatic carbocycles. The minimum atomic E-state index is -4.04. The fourth-order valence-electron chi connectivity index (χ4n) is 3.39. The van der Waals surface area contributed by atoms with Crippen LogP contribution in [0.2, 0.25) is 10.0 Å². The summed E-state index contributed by atoms with van der Waals surface area (Å²) in [4.78, 5) is 15.9. The lowest BCUT2D eigenvalue weighted by Gasteiger charge is -2.32. The molecule has 4 rings (SSSR count). The van der Waals surface area contributed by atoms with Crippen LogP contribution in [0, 0.1) is 0 Å². The molecule has 1 amide bonds. The van der Waals surface area contributed by atoms with Gasteiger partial charge in [0.2, 0.25) is 9.84 Å². The van der Waals surface area contributed by atoms with E-state index in [0.717, 1.165) is 0 Å². The number of carbonyl (C=O) groups is 1. The lowest BCUT2D eigenvalue weighted by atomic mass is 10.2. The Morgan fingerprint density at radius 2 is 1.83 bits per heavy atom. The molecule has 30 heavy (non-hydrogen) atoms. The number of anilines is 2. The second kappa shape index (κ2) is 8.11. The standard InChI is InChI=1S/C20H18Cl2N2O5S/c1-28-17-4-3-14(11-15(17)22)24-12-19(20(25)23-6-8-29-9-7-23)30(26,27)18-5-2-13(21)10-16(18)24/h2-5,10-12H,6-9H2,1H3. The van der Waals surface area contributed by atoms with E-state index in [1.807, 2.05) is 0 Å². The molecule has 2 aliphatic rings. The van der Waals surface area contributed by atoms with Gasteiger partial charge in [-0.25, -0.2) is 8.42 Å². The Morgan fingerprint density at radius 3 is 2.50 bits per heavy atom. The van der Waals surface area contributed by atoms with Gasteiger partial charge in [-0.15, -0.1) is 0 Å². The average Bonchev–Trinajstić information content (AvgIpc) is 2.73. The molecule has 158 valence electrons. The highest BCUT2D eigenvalue weighted by molar-refractivity contribution is 7.96. The van der Waals surface area contributed by atoms with Crippen molar-refractivity contribution in [2.45, 2.75) is 4.90 Å². The molecule has 2 aromatic rings. The van der Waals surface area contributed by atoms with Gasteiger partial charge in [0.1, 0.15) is 5.75 Å². The fourth-order valence-corrected chi connectivity index (χ4v) is 5.33. The number of fused-ring (bicyclic) bond motifs is 1. The highest BCUT2D eigenvalue weighted by Gasteiger charge is 2.38. The van der Waals surface area contributed by atoms with Crippen LogP contribution in [-0.4, -0.2) is 52.6 Å². The molecule has 1 saturated heterocycles. The summed E-state index contributed by atoms with van der Waals surface area (Å²) in [5.74, 6) is -0.0894. The van der Waals surface area contributed by atoms with Crippen LogP contribution in [0.15, 0.2) is 52.4 Å². The molecule has 0 aromatic heterocycles. The lowest BCUT2D eigenvalue weighted by Crippen LogP contribution is -2.43. The molecule has 1 fully saturated rings. The smallest absolute Gasteiger partial charge is 0.267 e. The number of nitrogens with zero attached hydrogens (tertiary/aromatic N) is 2. The number of hydrogen-bond acceptors (Lipinski definition) is 6. The summed E-state index contributed by atoms with van der Waals surface area (Å²) in [7, 11) is -2.54. The van der Waals surface area contributed by atoms with Gasteiger partial charge in [0.05, 0.1) is 35.9 Å². The Hall–Kier alpha value is -2.26. The van der Waals surface area contributed by atoms with Crippen molar-refractivity contribution in [3.05, 3.63) is 57.5 Å². The first-order chi connectivity index (χ1) is 14.3. The Morgan fingerprint density at radius 1 is 1.10 bits per heavy atom. The monoisotopic (exact) mass is 468 g/mol. The topological polar surface area (TPSA) is 76.2 Å². The van der Waals surface area contributed by atoms with E-state index in [-0.39, 0.29) is 9.80 Å². The molecule has 0 spiro atoms. The maximum Gasteiger partial charge on any atom is 0.267 e. The molecule has 0 radical (unpaired) electrons. The van der Waals surface area contributed by atoms with Gasteiger partial charge in [0.15, 0.2) is 4.91 Å². The third-order valence-electron chi connectivity index (χ3n) is 4.93. The van der Waals surface area contributed by atoms with E-state index < -0.39 is 15.7 Å². The molecule has 0 bridgehead atoms. The number of benzene rings is 2. The molecular weight excluding hydrogens is 451 g/mol. The molecule has 2 heterocycles. The van der Waals surface area contributed by atoms with Gasteiger partial charge in [-0.1, -0.05) is 23.2 Å². The number of carbonyl (C=O) groups excluding carboxylic acids is 1. The van der Waals surface area contributed by atoms with Crippen LogP contribution >= 0.6 is 23.2 Å². The van der Waals surface area contributed by atoms with Crippen molar-refractivity contribution < 1.29 is 22.7 Å². The van der Waals surface area contributed by atoms with E-state index in [1.54, 1.807) is 29.2 Å². The fraction of sp³-hybridized carbons (Fsp3) is 0.250. The molecule has 0 unspecified atom stereocenters. The maximum atomic E-state index is 13.3. The van der Waals surface area contributed by atoms with Gasteiger partial charge in [0.25, 0.3) is 5.91 Å². The average molecular weight is 469 g/mol. The summed E-state index contributed by atoms with van der Waals surface area (Å²) in [6.45, 7) is 1.38. The van der Waals surface area contributed by atoms with E-state index in [9.17, 15) is 13.2 Å². The zero-order valence-electron chi connectivity index (χ0n) is 16.0. The SMILES string of the molecule is COc1ccc(N2C=C(C(=O)N3CCOCC3)S(=O)(=O)c3ccc(Cl)cc32)cc1Cl. The van der Waals surface area contributed by atoms with Crippen LogP contribution < -0.4 is 9.64 Å². The van der Waals surface area contributed by atoms with Crippen LogP contribution in [0.4, 0.5) is 11.4 Å². The summed E-state index contributed by atoms with van der Waals surface area (Å²) in [5, 5.41) is 0.714. The Labute approximate surface area is 184 Å². The predicted molar refractivity (Wildman–Crippen MR) is 114 cm³/mol. The molecule has 0 aliphatic carbocycles. The second-order valence-electron chi connectivity index (χ2n) is 6.70. The van der Waals surface area contributed by atoms with Crippen LogP contribution in [0.5, 0.6) is 5.75 Å². The molecule has 0 saturated carbocycles. The summed E-state index contributed by atoms with van der Waals surface area (Å²) < 4.78 is 37.0. The van der Waals surface area contributed by atoms with Crippen molar-refractivity contribution in [1.29, 1.82) is 0 Å². The predicted octanol–water partition coefficient (Wildman–Crippen LogP) is 3.63. The van der Waals surface area contributed by atoms with E-state index in [0.29, 0.717) is 53.5 Å². The molecule has 7 nitrogen and oxygen atoms in total. The number of hydrogen-bond donors (Lipinski definition) is 0. The third-order valence-corrected chi connectivity index (χ3v) is 7.24.